The van der Waals surface area contributed by atoms with Crippen molar-refractivity contribution in [3.8, 4) is 0 Å². The van der Waals surface area contributed by atoms with Crippen molar-refractivity contribution in [1.29, 1.82) is 0 Å². The molecule has 0 aromatic carbocycles. The van der Waals surface area contributed by atoms with Crippen molar-refractivity contribution in [2.45, 2.75) is 6.04 Å². The number of hydrogen-bond donors (Lipinski definition) is 1. The van der Waals surface area contributed by atoms with E-state index in [0.29, 0.717) is 13.2 Å². The third-order valence-electron chi connectivity index (χ3n) is 4.36. The Morgan fingerprint density at radius 3 is 3.09 bits per heavy atom. The molecular weight excluding hydrogens is 280 g/mol. The fraction of sp³-hybridized carbons (Fsp3) is 0.375. The fourth-order valence-corrected chi connectivity index (χ4v) is 3.17. The van der Waals surface area contributed by atoms with E-state index in [0.717, 1.165) is 34.3 Å². The van der Waals surface area contributed by atoms with Crippen LogP contribution >= 0.6 is 0 Å². The summed E-state index contributed by atoms with van der Waals surface area (Å²) >= 11 is 0. The van der Waals surface area contributed by atoms with Gasteiger partial charge in [-0.1, -0.05) is 0 Å². The van der Waals surface area contributed by atoms with Crippen LogP contribution in [0.3, 0.4) is 0 Å². The number of aromatic nitrogens is 3. The zero-order chi connectivity index (χ0) is 15.1. The summed E-state index contributed by atoms with van der Waals surface area (Å²) in [5.74, 6) is 0.883. The molecule has 1 fully saturated rings. The van der Waals surface area contributed by atoms with Gasteiger partial charge in [0.05, 0.1) is 31.4 Å². The molecule has 0 bridgehead atoms. The highest BCUT2D eigenvalue weighted by Crippen LogP contribution is 2.28. The summed E-state index contributed by atoms with van der Waals surface area (Å²) in [4.78, 5) is 11.2. The minimum absolute atomic E-state index is 0.0324. The predicted molar refractivity (Wildman–Crippen MR) is 85.1 cm³/mol. The summed E-state index contributed by atoms with van der Waals surface area (Å²) in [5.41, 5.74) is 2.05. The van der Waals surface area contributed by atoms with Gasteiger partial charge in [-0.05, 0) is 18.2 Å². The number of hydrogen-bond acceptors (Lipinski definition) is 5. The van der Waals surface area contributed by atoms with Crippen LogP contribution in [-0.2, 0) is 11.8 Å². The summed E-state index contributed by atoms with van der Waals surface area (Å²) < 4.78 is 7.53. The third kappa shape index (κ3) is 1.95. The number of anilines is 1. The summed E-state index contributed by atoms with van der Waals surface area (Å²) in [5, 5.41) is 11.8. The highest BCUT2D eigenvalue weighted by Gasteiger charge is 2.24. The van der Waals surface area contributed by atoms with E-state index in [9.17, 15) is 5.11 Å². The quantitative estimate of drug-likeness (QED) is 0.773. The lowest BCUT2D eigenvalue weighted by Crippen LogP contribution is -2.48. The van der Waals surface area contributed by atoms with Crippen molar-refractivity contribution in [3.05, 3.63) is 30.6 Å². The summed E-state index contributed by atoms with van der Waals surface area (Å²) in [6.07, 6.45) is 3.68. The van der Waals surface area contributed by atoms with E-state index in [4.69, 9.17) is 9.72 Å². The molecule has 6 heteroatoms. The fourth-order valence-electron chi connectivity index (χ4n) is 3.17. The van der Waals surface area contributed by atoms with Gasteiger partial charge in [0.25, 0.3) is 0 Å². The van der Waals surface area contributed by atoms with Crippen LogP contribution in [0.2, 0.25) is 0 Å². The Hall–Kier alpha value is -2.18. The molecule has 0 aliphatic carbocycles. The molecule has 0 saturated carbocycles. The number of pyridine rings is 2. The van der Waals surface area contributed by atoms with Gasteiger partial charge in [0.1, 0.15) is 11.5 Å². The van der Waals surface area contributed by atoms with E-state index in [1.54, 1.807) is 6.20 Å². The molecule has 114 valence electrons. The van der Waals surface area contributed by atoms with Crippen LogP contribution in [0, 0.1) is 0 Å². The smallest absolute Gasteiger partial charge is 0.143 e. The topological polar surface area (TPSA) is 63.4 Å². The van der Waals surface area contributed by atoms with Crippen LogP contribution in [0.4, 0.5) is 5.82 Å². The number of aliphatic hydroxyl groups excluding tert-OH is 1. The molecule has 1 aliphatic rings. The molecule has 1 unspecified atom stereocenters. The van der Waals surface area contributed by atoms with Gasteiger partial charge in [-0.15, -0.1) is 0 Å². The first-order valence-corrected chi connectivity index (χ1v) is 7.44. The van der Waals surface area contributed by atoms with Crippen LogP contribution in [0.15, 0.2) is 30.6 Å². The number of fused-ring (bicyclic) bond motifs is 3. The van der Waals surface area contributed by atoms with Gasteiger partial charge in [-0.3, -0.25) is 4.98 Å². The molecular formula is C16H18N4O2. The maximum atomic E-state index is 9.54. The van der Waals surface area contributed by atoms with Crippen molar-refractivity contribution in [2.24, 2.45) is 7.05 Å². The maximum absolute atomic E-state index is 9.54. The third-order valence-corrected chi connectivity index (χ3v) is 4.36. The Kier molecular flexibility index (Phi) is 3.20. The monoisotopic (exact) mass is 298 g/mol. The van der Waals surface area contributed by atoms with Crippen LogP contribution in [0.5, 0.6) is 0 Å². The Labute approximate surface area is 128 Å². The van der Waals surface area contributed by atoms with Crippen molar-refractivity contribution in [3.63, 3.8) is 0 Å². The SMILES string of the molecule is Cn1c2ccncc2c2ccc(N3CCOCC3CO)nc21. The molecule has 0 spiro atoms. The largest absolute Gasteiger partial charge is 0.394 e. The summed E-state index contributed by atoms with van der Waals surface area (Å²) in [6, 6.07) is 6.08. The molecule has 4 heterocycles. The average Bonchev–Trinajstić information content (AvgIpc) is 2.88. The number of nitrogens with zero attached hydrogens (tertiary/aromatic N) is 4. The van der Waals surface area contributed by atoms with Crippen LogP contribution in [0.25, 0.3) is 21.9 Å². The van der Waals surface area contributed by atoms with E-state index in [2.05, 4.69) is 20.5 Å². The van der Waals surface area contributed by atoms with Crippen molar-refractivity contribution >= 4 is 27.8 Å². The molecule has 1 saturated heterocycles. The van der Waals surface area contributed by atoms with Gasteiger partial charge in [-0.2, -0.15) is 0 Å². The minimum atomic E-state index is -0.0324. The molecule has 0 amide bonds. The molecule has 0 radical (unpaired) electrons. The second-order valence-electron chi connectivity index (χ2n) is 5.60. The van der Waals surface area contributed by atoms with E-state index in [1.807, 2.05) is 25.4 Å². The van der Waals surface area contributed by atoms with Gasteiger partial charge in [0.2, 0.25) is 0 Å². The van der Waals surface area contributed by atoms with E-state index in [-0.39, 0.29) is 12.6 Å². The van der Waals surface area contributed by atoms with Crippen molar-refractivity contribution < 1.29 is 9.84 Å². The lowest BCUT2D eigenvalue weighted by molar-refractivity contribution is 0.0723. The van der Waals surface area contributed by atoms with E-state index >= 15 is 0 Å². The molecule has 1 aliphatic heterocycles. The molecule has 3 aromatic heterocycles. The van der Waals surface area contributed by atoms with E-state index in [1.165, 1.54) is 0 Å². The second kappa shape index (κ2) is 5.23. The zero-order valence-corrected chi connectivity index (χ0v) is 12.4. The van der Waals surface area contributed by atoms with Gasteiger partial charge in [0.15, 0.2) is 0 Å². The molecule has 4 rings (SSSR count). The van der Waals surface area contributed by atoms with Crippen LogP contribution in [0.1, 0.15) is 0 Å². The summed E-state index contributed by atoms with van der Waals surface area (Å²) in [7, 11) is 2.02. The first-order valence-electron chi connectivity index (χ1n) is 7.44. The van der Waals surface area contributed by atoms with Gasteiger partial charge in [-0.25, -0.2) is 4.98 Å². The van der Waals surface area contributed by atoms with Crippen molar-refractivity contribution in [2.75, 3.05) is 31.3 Å². The second-order valence-corrected chi connectivity index (χ2v) is 5.60. The Balaban J connectivity index is 1.86. The molecule has 1 atom stereocenters. The molecule has 1 N–H and O–H groups in total. The van der Waals surface area contributed by atoms with Gasteiger partial charge >= 0.3 is 0 Å². The lowest BCUT2D eigenvalue weighted by atomic mass is 10.2. The lowest BCUT2D eigenvalue weighted by Gasteiger charge is -2.35. The molecule has 22 heavy (non-hydrogen) atoms. The van der Waals surface area contributed by atoms with Gasteiger partial charge in [0, 0.05) is 36.8 Å². The van der Waals surface area contributed by atoms with Gasteiger partial charge < -0.3 is 19.3 Å². The molecule has 3 aromatic rings. The number of aliphatic hydroxyl groups is 1. The number of morpholine rings is 1. The minimum Gasteiger partial charge on any atom is -0.394 e. The predicted octanol–water partition coefficient (Wildman–Crippen LogP) is 1.32. The first-order chi connectivity index (χ1) is 10.8. The summed E-state index contributed by atoms with van der Waals surface area (Å²) in [6.45, 7) is 2.01. The van der Waals surface area contributed by atoms with Crippen molar-refractivity contribution in [1.82, 2.24) is 14.5 Å². The number of aryl methyl sites for hydroxylation is 1. The standard InChI is InChI=1S/C16H18N4O2/c1-19-14-4-5-17-8-13(14)12-2-3-15(18-16(12)19)20-6-7-22-10-11(20)9-21/h2-5,8,11,21H,6-7,9-10H2,1H3. The Morgan fingerprint density at radius 1 is 1.32 bits per heavy atom. The Bertz CT molecular complexity index is 829. The number of ether oxygens (including phenoxy) is 1. The normalized spacial score (nSPS) is 19.2. The van der Waals surface area contributed by atoms with Crippen LogP contribution < -0.4 is 4.90 Å². The van der Waals surface area contributed by atoms with Crippen LogP contribution in [-0.4, -0.2) is 52.0 Å². The average molecular weight is 298 g/mol. The Morgan fingerprint density at radius 2 is 2.23 bits per heavy atom. The zero-order valence-electron chi connectivity index (χ0n) is 12.4. The maximum Gasteiger partial charge on any atom is 0.143 e. The van der Waals surface area contributed by atoms with E-state index < -0.39 is 0 Å². The molecule has 6 nitrogen and oxygen atoms in total. The highest BCUT2D eigenvalue weighted by molar-refractivity contribution is 6.06. The highest BCUT2D eigenvalue weighted by atomic mass is 16.5. The number of rotatable bonds is 2. The first kappa shape index (κ1) is 13.5.